The van der Waals surface area contributed by atoms with Crippen LogP contribution in [0.25, 0.3) is 0 Å². The summed E-state index contributed by atoms with van der Waals surface area (Å²) >= 11 is 5.10. The minimum Gasteiger partial charge on any atom is -0.355 e. The molecule has 2 atom stereocenters. The van der Waals surface area contributed by atoms with E-state index in [1.807, 2.05) is 31.2 Å². The monoisotopic (exact) mass is 333 g/mol. The molecule has 1 rings (SSSR count). The normalized spacial score (nSPS) is 14.6. The summed E-state index contributed by atoms with van der Waals surface area (Å²) in [5.41, 5.74) is 6.05. The number of amides is 1. The molecule has 1 heterocycles. The Morgan fingerprint density at radius 2 is 2.33 bits per heavy atom. The molecular weight excluding hydrogens is 314 g/mol. The Morgan fingerprint density at radius 3 is 2.78 bits per heavy atom. The molecule has 6 heteroatoms. The lowest BCUT2D eigenvalue weighted by molar-refractivity contribution is -0.122. The summed E-state index contributed by atoms with van der Waals surface area (Å²) in [5, 5.41) is 4.83. The molecule has 0 saturated carbocycles. The number of hydrogen-bond donors (Lipinski definition) is 2. The molecule has 0 radical (unpaired) electrons. The Morgan fingerprint density at radius 1 is 1.67 bits per heavy atom. The third-order valence-corrected chi connectivity index (χ3v) is 4.38. The molecule has 2 unspecified atom stereocenters. The molecule has 0 aliphatic heterocycles. The van der Waals surface area contributed by atoms with E-state index in [0.717, 1.165) is 4.47 Å². The number of nitrogens with zero attached hydrogens (tertiary/aromatic N) is 1. The minimum absolute atomic E-state index is 0.0290. The van der Waals surface area contributed by atoms with Crippen molar-refractivity contribution in [3.8, 4) is 0 Å². The molecular formula is C12H20BrN3OS. The zero-order valence-electron chi connectivity index (χ0n) is 10.9. The maximum absolute atomic E-state index is 11.6. The molecule has 4 nitrogen and oxygen atoms in total. The van der Waals surface area contributed by atoms with Crippen LogP contribution in [-0.2, 0) is 4.79 Å². The number of carbonyl (C=O) groups is 1. The third kappa shape index (κ3) is 4.35. The van der Waals surface area contributed by atoms with E-state index >= 15 is 0 Å². The van der Waals surface area contributed by atoms with E-state index in [-0.39, 0.29) is 18.0 Å². The van der Waals surface area contributed by atoms with Crippen LogP contribution in [0.4, 0.5) is 0 Å². The summed E-state index contributed by atoms with van der Waals surface area (Å²) in [6.07, 6.45) is 0. The number of thiophene rings is 1. The quantitative estimate of drug-likeness (QED) is 0.836. The first-order chi connectivity index (χ1) is 8.45. The van der Waals surface area contributed by atoms with Crippen molar-refractivity contribution in [1.82, 2.24) is 10.2 Å². The van der Waals surface area contributed by atoms with Crippen LogP contribution in [0.3, 0.4) is 0 Å². The van der Waals surface area contributed by atoms with E-state index < -0.39 is 0 Å². The SMILES string of the molecule is CCNC(=O)CN(C)C(c1cc(Br)cs1)C(C)N. The van der Waals surface area contributed by atoms with Crippen molar-refractivity contribution in [1.29, 1.82) is 0 Å². The number of nitrogens with one attached hydrogen (secondary N) is 1. The molecule has 18 heavy (non-hydrogen) atoms. The highest BCUT2D eigenvalue weighted by Crippen LogP contribution is 2.30. The van der Waals surface area contributed by atoms with Gasteiger partial charge in [0, 0.05) is 27.3 Å². The molecule has 0 saturated heterocycles. The fourth-order valence-corrected chi connectivity index (χ4v) is 3.66. The summed E-state index contributed by atoms with van der Waals surface area (Å²) in [7, 11) is 1.93. The van der Waals surface area contributed by atoms with Crippen molar-refractivity contribution in [2.45, 2.75) is 25.9 Å². The van der Waals surface area contributed by atoms with Crippen LogP contribution in [0, 0.1) is 0 Å². The van der Waals surface area contributed by atoms with Gasteiger partial charge in [0.2, 0.25) is 5.91 Å². The van der Waals surface area contributed by atoms with Crippen LogP contribution in [0.1, 0.15) is 24.8 Å². The predicted octanol–water partition coefficient (Wildman–Crippen LogP) is 1.97. The van der Waals surface area contributed by atoms with Crippen LogP contribution < -0.4 is 11.1 Å². The van der Waals surface area contributed by atoms with Gasteiger partial charge in [-0.2, -0.15) is 0 Å². The number of rotatable bonds is 6. The van der Waals surface area contributed by atoms with Gasteiger partial charge in [-0.3, -0.25) is 9.69 Å². The standard InChI is InChI=1S/C12H20BrN3OS/c1-4-15-11(17)6-16(3)12(8(2)14)10-5-9(13)7-18-10/h5,7-8,12H,4,6,14H2,1-3H3,(H,15,17). The highest BCUT2D eigenvalue weighted by molar-refractivity contribution is 9.10. The average Bonchev–Trinajstić information content (AvgIpc) is 2.64. The predicted molar refractivity (Wildman–Crippen MR) is 79.7 cm³/mol. The molecule has 0 aliphatic carbocycles. The molecule has 0 spiro atoms. The van der Waals surface area contributed by atoms with Gasteiger partial charge < -0.3 is 11.1 Å². The lowest BCUT2D eigenvalue weighted by atomic mass is 10.1. The molecule has 1 amide bonds. The Kier molecular flexibility index (Phi) is 6.28. The maximum Gasteiger partial charge on any atom is 0.234 e. The maximum atomic E-state index is 11.6. The van der Waals surface area contributed by atoms with Gasteiger partial charge in [-0.15, -0.1) is 11.3 Å². The van der Waals surface area contributed by atoms with Crippen LogP contribution in [0.15, 0.2) is 15.9 Å². The van der Waals surface area contributed by atoms with Gasteiger partial charge in [-0.1, -0.05) is 0 Å². The second-order valence-electron chi connectivity index (χ2n) is 4.34. The molecule has 0 aromatic carbocycles. The minimum atomic E-state index is -0.0324. The molecule has 0 bridgehead atoms. The van der Waals surface area contributed by atoms with Crippen LogP contribution in [0.5, 0.6) is 0 Å². The highest BCUT2D eigenvalue weighted by atomic mass is 79.9. The van der Waals surface area contributed by atoms with Crippen molar-refractivity contribution in [2.75, 3.05) is 20.1 Å². The summed E-state index contributed by atoms with van der Waals surface area (Å²) in [6, 6.07) is 2.09. The third-order valence-electron chi connectivity index (χ3n) is 2.62. The van der Waals surface area contributed by atoms with Gasteiger partial charge in [0.1, 0.15) is 0 Å². The Balaban J connectivity index is 2.76. The van der Waals surface area contributed by atoms with E-state index in [1.54, 1.807) is 11.3 Å². The molecule has 0 aliphatic rings. The number of hydrogen-bond acceptors (Lipinski definition) is 4. The van der Waals surface area contributed by atoms with Crippen molar-refractivity contribution in [3.63, 3.8) is 0 Å². The lowest BCUT2D eigenvalue weighted by Gasteiger charge is -2.29. The zero-order chi connectivity index (χ0) is 13.7. The molecule has 102 valence electrons. The summed E-state index contributed by atoms with van der Waals surface area (Å²) in [6.45, 7) is 4.89. The van der Waals surface area contributed by atoms with Gasteiger partial charge in [-0.25, -0.2) is 0 Å². The second kappa shape index (κ2) is 7.23. The lowest BCUT2D eigenvalue weighted by Crippen LogP contribution is -2.42. The fourth-order valence-electron chi connectivity index (χ4n) is 1.94. The number of likely N-dealkylation sites (N-methyl/N-ethyl adjacent to an activating group) is 2. The number of nitrogens with two attached hydrogens (primary N) is 1. The Bertz CT molecular complexity index is 394. The molecule has 1 aromatic rings. The summed E-state index contributed by atoms with van der Waals surface area (Å²) in [4.78, 5) is 14.8. The van der Waals surface area contributed by atoms with Gasteiger partial charge in [0.25, 0.3) is 0 Å². The van der Waals surface area contributed by atoms with Crippen molar-refractivity contribution < 1.29 is 4.79 Å². The molecule has 3 N–H and O–H groups in total. The smallest absolute Gasteiger partial charge is 0.234 e. The number of carbonyl (C=O) groups excluding carboxylic acids is 1. The fraction of sp³-hybridized carbons (Fsp3) is 0.583. The van der Waals surface area contributed by atoms with Crippen LogP contribution >= 0.6 is 27.3 Å². The highest BCUT2D eigenvalue weighted by Gasteiger charge is 2.24. The van der Waals surface area contributed by atoms with E-state index in [4.69, 9.17) is 5.73 Å². The Hall–Kier alpha value is -0.430. The van der Waals surface area contributed by atoms with E-state index in [0.29, 0.717) is 13.1 Å². The summed E-state index contributed by atoms with van der Waals surface area (Å²) in [5.74, 6) is 0.0290. The second-order valence-corrected chi connectivity index (χ2v) is 6.20. The summed E-state index contributed by atoms with van der Waals surface area (Å²) < 4.78 is 1.06. The van der Waals surface area contributed by atoms with E-state index in [9.17, 15) is 4.79 Å². The average molecular weight is 334 g/mol. The van der Waals surface area contributed by atoms with Crippen molar-refractivity contribution in [3.05, 3.63) is 20.8 Å². The van der Waals surface area contributed by atoms with Gasteiger partial charge in [0.05, 0.1) is 12.6 Å². The first kappa shape index (κ1) is 15.6. The topological polar surface area (TPSA) is 58.4 Å². The van der Waals surface area contributed by atoms with Gasteiger partial charge >= 0.3 is 0 Å². The first-order valence-corrected chi connectivity index (χ1v) is 7.59. The first-order valence-electron chi connectivity index (χ1n) is 5.92. The van der Waals surface area contributed by atoms with Gasteiger partial charge in [-0.05, 0) is 42.9 Å². The van der Waals surface area contributed by atoms with E-state index in [1.165, 1.54) is 4.88 Å². The molecule has 0 fully saturated rings. The van der Waals surface area contributed by atoms with E-state index in [2.05, 4.69) is 27.3 Å². The van der Waals surface area contributed by atoms with Crippen molar-refractivity contribution in [2.24, 2.45) is 5.73 Å². The van der Waals surface area contributed by atoms with Crippen LogP contribution in [0.2, 0.25) is 0 Å². The Labute approximate surface area is 121 Å². The van der Waals surface area contributed by atoms with Crippen LogP contribution in [-0.4, -0.2) is 37.0 Å². The largest absolute Gasteiger partial charge is 0.355 e. The van der Waals surface area contributed by atoms with Crippen molar-refractivity contribution >= 4 is 33.2 Å². The zero-order valence-corrected chi connectivity index (χ0v) is 13.3. The van der Waals surface area contributed by atoms with Gasteiger partial charge in [0.15, 0.2) is 0 Å². The molecule has 1 aromatic heterocycles. The number of halogens is 1.